The number of anilines is 1. The third kappa shape index (κ3) is 1.93. The Bertz CT molecular complexity index is 616. The molecular weight excluding hydrogens is 226 g/mol. The van der Waals surface area contributed by atoms with Crippen LogP contribution in [0.25, 0.3) is 0 Å². The van der Waals surface area contributed by atoms with Crippen LogP contribution in [0.1, 0.15) is 28.2 Å². The lowest BCUT2D eigenvalue weighted by Crippen LogP contribution is -2.08. The number of hydrogen-bond donors (Lipinski definition) is 1. The van der Waals surface area contributed by atoms with Crippen molar-refractivity contribution in [2.75, 3.05) is 5.73 Å². The molecule has 18 heavy (non-hydrogen) atoms. The Morgan fingerprint density at radius 3 is 2.50 bits per heavy atom. The first-order chi connectivity index (χ1) is 8.54. The number of aryl methyl sites for hydroxylation is 1. The maximum Gasteiger partial charge on any atom is 0.122 e. The number of nitrogens with zero attached hydrogens (tertiary/aromatic N) is 4. The van der Waals surface area contributed by atoms with E-state index in [2.05, 4.69) is 16.0 Å². The van der Waals surface area contributed by atoms with Gasteiger partial charge in [0.25, 0.3) is 0 Å². The van der Waals surface area contributed by atoms with Crippen LogP contribution in [0.5, 0.6) is 0 Å². The summed E-state index contributed by atoms with van der Waals surface area (Å²) in [6, 6.07) is 2.14. The van der Waals surface area contributed by atoms with Gasteiger partial charge < -0.3 is 10.3 Å². The number of nitriles is 1. The molecule has 0 aliphatic carbocycles. The van der Waals surface area contributed by atoms with Gasteiger partial charge in [-0.05, 0) is 26.3 Å². The second-order valence-corrected chi connectivity index (χ2v) is 4.32. The predicted molar refractivity (Wildman–Crippen MR) is 68.9 cm³/mol. The standard InChI is InChI=1S/C13H15N5/c1-8-5-17-11(6-16-8)7-18-10(3)9(2)12(4-14)13(18)15/h5-6H,7,15H2,1-3H3. The van der Waals surface area contributed by atoms with E-state index in [1.807, 2.05) is 25.3 Å². The number of nitrogens with two attached hydrogens (primary N) is 1. The summed E-state index contributed by atoms with van der Waals surface area (Å²) in [5.74, 6) is 0.495. The number of hydrogen-bond acceptors (Lipinski definition) is 4. The van der Waals surface area contributed by atoms with Crippen LogP contribution < -0.4 is 5.73 Å². The molecule has 2 aromatic rings. The van der Waals surface area contributed by atoms with Crippen LogP contribution in [0.4, 0.5) is 5.82 Å². The molecule has 5 nitrogen and oxygen atoms in total. The van der Waals surface area contributed by atoms with Crippen molar-refractivity contribution in [1.29, 1.82) is 5.26 Å². The van der Waals surface area contributed by atoms with Gasteiger partial charge in [-0.1, -0.05) is 0 Å². The molecule has 2 rings (SSSR count). The van der Waals surface area contributed by atoms with E-state index in [-0.39, 0.29) is 0 Å². The molecule has 2 heterocycles. The molecule has 0 unspecified atom stereocenters. The molecule has 0 radical (unpaired) electrons. The first-order valence-corrected chi connectivity index (χ1v) is 5.67. The van der Waals surface area contributed by atoms with Crippen molar-refractivity contribution < 1.29 is 0 Å². The molecule has 5 heteroatoms. The maximum atomic E-state index is 9.07. The monoisotopic (exact) mass is 241 g/mol. The molecule has 0 bridgehead atoms. The average Bonchev–Trinajstić information content (AvgIpc) is 2.56. The molecule has 0 aliphatic rings. The zero-order chi connectivity index (χ0) is 13.3. The minimum absolute atomic E-state index is 0.495. The van der Waals surface area contributed by atoms with Crippen molar-refractivity contribution in [1.82, 2.24) is 14.5 Å². The summed E-state index contributed by atoms with van der Waals surface area (Å²) in [5.41, 5.74) is 10.2. The van der Waals surface area contributed by atoms with Gasteiger partial charge in [0.2, 0.25) is 0 Å². The molecule has 2 N–H and O–H groups in total. The summed E-state index contributed by atoms with van der Waals surface area (Å²) < 4.78 is 1.90. The second kappa shape index (κ2) is 4.49. The molecule has 0 saturated heterocycles. The van der Waals surface area contributed by atoms with Gasteiger partial charge in [0.05, 0.1) is 29.7 Å². The van der Waals surface area contributed by atoms with Crippen molar-refractivity contribution >= 4 is 5.82 Å². The summed E-state index contributed by atoms with van der Waals surface area (Å²) in [6.45, 7) is 6.28. The molecule has 0 atom stereocenters. The minimum atomic E-state index is 0.495. The highest BCUT2D eigenvalue weighted by molar-refractivity contribution is 5.58. The maximum absolute atomic E-state index is 9.07. The lowest BCUT2D eigenvalue weighted by Gasteiger charge is -2.08. The van der Waals surface area contributed by atoms with Gasteiger partial charge in [0, 0.05) is 11.9 Å². The summed E-state index contributed by atoms with van der Waals surface area (Å²) in [6.07, 6.45) is 3.46. The van der Waals surface area contributed by atoms with Gasteiger partial charge in [-0.2, -0.15) is 5.26 Å². The Hall–Kier alpha value is -2.35. The Balaban J connectivity index is 2.41. The van der Waals surface area contributed by atoms with Crippen LogP contribution in [0.15, 0.2) is 12.4 Å². The van der Waals surface area contributed by atoms with Crippen molar-refractivity contribution in [3.63, 3.8) is 0 Å². The Kier molecular flexibility index (Phi) is 3.02. The zero-order valence-corrected chi connectivity index (χ0v) is 10.7. The summed E-state index contributed by atoms with van der Waals surface area (Å²) >= 11 is 0. The van der Waals surface area contributed by atoms with E-state index in [1.165, 1.54) is 0 Å². The highest BCUT2D eigenvalue weighted by Crippen LogP contribution is 2.23. The van der Waals surface area contributed by atoms with E-state index in [0.717, 1.165) is 22.6 Å². The van der Waals surface area contributed by atoms with Crippen LogP contribution in [-0.2, 0) is 6.54 Å². The van der Waals surface area contributed by atoms with Crippen molar-refractivity contribution in [2.45, 2.75) is 27.3 Å². The van der Waals surface area contributed by atoms with Gasteiger partial charge in [0.15, 0.2) is 0 Å². The molecule has 0 aromatic carbocycles. The Morgan fingerprint density at radius 1 is 1.28 bits per heavy atom. The van der Waals surface area contributed by atoms with E-state index in [1.54, 1.807) is 12.4 Å². The summed E-state index contributed by atoms with van der Waals surface area (Å²) in [4.78, 5) is 8.50. The Morgan fingerprint density at radius 2 is 2.00 bits per heavy atom. The molecule has 0 amide bonds. The van der Waals surface area contributed by atoms with E-state index in [4.69, 9.17) is 11.0 Å². The summed E-state index contributed by atoms with van der Waals surface area (Å²) in [5, 5.41) is 9.07. The Labute approximate surface area is 106 Å². The van der Waals surface area contributed by atoms with E-state index in [9.17, 15) is 0 Å². The quantitative estimate of drug-likeness (QED) is 0.867. The topological polar surface area (TPSA) is 80.5 Å². The van der Waals surface area contributed by atoms with Gasteiger partial charge in [-0.3, -0.25) is 9.97 Å². The normalized spacial score (nSPS) is 10.3. The average molecular weight is 241 g/mol. The smallest absolute Gasteiger partial charge is 0.122 e. The number of rotatable bonds is 2. The SMILES string of the molecule is Cc1cnc(Cn2c(C)c(C)c(C#N)c2N)cn1. The van der Waals surface area contributed by atoms with Gasteiger partial charge in [-0.15, -0.1) is 0 Å². The summed E-state index contributed by atoms with van der Waals surface area (Å²) in [7, 11) is 0. The van der Waals surface area contributed by atoms with Crippen LogP contribution >= 0.6 is 0 Å². The first kappa shape index (κ1) is 12.1. The highest BCUT2D eigenvalue weighted by atomic mass is 15.1. The lowest BCUT2D eigenvalue weighted by molar-refractivity contribution is 0.754. The fourth-order valence-electron chi connectivity index (χ4n) is 1.90. The van der Waals surface area contributed by atoms with Gasteiger partial charge in [-0.25, -0.2) is 0 Å². The largest absolute Gasteiger partial charge is 0.384 e. The highest BCUT2D eigenvalue weighted by Gasteiger charge is 2.15. The van der Waals surface area contributed by atoms with Crippen LogP contribution in [0.2, 0.25) is 0 Å². The number of nitrogen functional groups attached to an aromatic ring is 1. The van der Waals surface area contributed by atoms with Crippen molar-refractivity contribution in [3.8, 4) is 6.07 Å². The fraction of sp³-hybridized carbons (Fsp3) is 0.308. The fourth-order valence-corrected chi connectivity index (χ4v) is 1.90. The molecular formula is C13H15N5. The van der Waals surface area contributed by atoms with E-state index < -0.39 is 0 Å². The third-order valence-electron chi connectivity index (χ3n) is 3.14. The molecule has 92 valence electrons. The molecule has 0 fully saturated rings. The second-order valence-electron chi connectivity index (χ2n) is 4.32. The van der Waals surface area contributed by atoms with E-state index in [0.29, 0.717) is 17.9 Å². The van der Waals surface area contributed by atoms with Crippen LogP contribution in [0, 0.1) is 32.1 Å². The van der Waals surface area contributed by atoms with Crippen LogP contribution in [-0.4, -0.2) is 14.5 Å². The van der Waals surface area contributed by atoms with Crippen molar-refractivity contribution in [3.05, 3.63) is 40.6 Å². The minimum Gasteiger partial charge on any atom is -0.384 e. The lowest BCUT2D eigenvalue weighted by atomic mass is 10.2. The van der Waals surface area contributed by atoms with Crippen LogP contribution in [0.3, 0.4) is 0 Å². The third-order valence-corrected chi connectivity index (χ3v) is 3.14. The molecule has 0 aliphatic heterocycles. The predicted octanol–water partition coefficient (Wildman–Crippen LogP) is 1.71. The first-order valence-electron chi connectivity index (χ1n) is 5.67. The van der Waals surface area contributed by atoms with Gasteiger partial charge in [0.1, 0.15) is 11.9 Å². The van der Waals surface area contributed by atoms with E-state index >= 15 is 0 Å². The molecule has 0 saturated carbocycles. The molecule has 2 aromatic heterocycles. The molecule has 0 spiro atoms. The zero-order valence-electron chi connectivity index (χ0n) is 10.7. The van der Waals surface area contributed by atoms with Gasteiger partial charge >= 0.3 is 0 Å². The van der Waals surface area contributed by atoms with Crippen molar-refractivity contribution in [2.24, 2.45) is 0 Å². The number of aromatic nitrogens is 3.